The maximum absolute atomic E-state index is 11.1. The van der Waals surface area contributed by atoms with E-state index in [1.807, 2.05) is 13.0 Å². The molecule has 1 saturated heterocycles. The van der Waals surface area contributed by atoms with Gasteiger partial charge < -0.3 is 15.2 Å². The number of ether oxygens (including phenoxy) is 1. The van der Waals surface area contributed by atoms with Crippen molar-refractivity contribution in [2.24, 2.45) is 0 Å². The zero-order valence-electron chi connectivity index (χ0n) is 11.9. The maximum Gasteiger partial charge on any atom is 0.335 e. The fraction of sp³-hybridized carbons (Fsp3) is 0.375. The van der Waals surface area contributed by atoms with E-state index < -0.39 is 5.97 Å². The van der Waals surface area contributed by atoms with Crippen LogP contribution in [0.25, 0.3) is 10.9 Å². The number of carboxylic acids is 1. The summed E-state index contributed by atoms with van der Waals surface area (Å²) in [6, 6.07) is 6.95. The van der Waals surface area contributed by atoms with E-state index >= 15 is 0 Å². The highest BCUT2D eigenvalue weighted by Gasteiger charge is 2.16. The lowest BCUT2D eigenvalue weighted by molar-refractivity contribution is 0.0697. The second-order valence-electron chi connectivity index (χ2n) is 5.36. The maximum atomic E-state index is 11.1. The third kappa shape index (κ3) is 2.97. The Labute approximate surface area is 123 Å². The Kier molecular flexibility index (Phi) is 3.75. The molecule has 1 atom stereocenters. The van der Waals surface area contributed by atoms with Gasteiger partial charge in [0.25, 0.3) is 0 Å². The van der Waals surface area contributed by atoms with Crippen LogP contribution in [0.1, 0.15) is 28.9 Å². The molecule has 0 bridgehead atoms. The number of rotatable bonds is 4. The number of aromatic carboxylic acids is 1. The van der Waals surface area contributed by atoms with Crippen molar-refractivity contribution in [1.82, 2.24) is 4.98 Å². The second-order valence-corrected chi connectivity index (χ2v) is 5.36. The molecule has 5 nitrogen and oxygen atoms in total. The quantitative estimate of drug-likeness (QED) is 0.904. The summed E-state index contributed by atoms with van der Waals surface area (Å²) in [5.41, 5.74) is 2.89. The number of carboxylic acid groups (broad SMARTS) is 1. The molecule has 3 rings (SSSR count). The van der Waals surface area contributed by atoms with Crippen molar-refractivity contribution >= 4 is 22.6 Å². The molecule has 0 amide bonds. The number of carbonyl (C=O) groups is 1. The van der Waals surface area contributed by atoms with E-state index in [0.29, 0.717) is 0 Å². The average molecular weight is 286 g/mol. The van der Waals surface area contributed by atoms with Gasteiger partial charge in [-0.3, -0.25) is 4.98 Å². The van der Waals surface area contributed by atoms with Gasteiger partial charge in [0.2, 0.25) is 0 Å². The van der Waals surface area contributed by atoms with Crippen LogP contribution in [0, 0.1) is 6.92 Å². The molecule has 1 aliphatic heterocycles. The molecule has 1 aromatic carbocycles. The Bertz CT molecular complexity index is 679. The molecule has 1 aliphatic rings. The third-order valence-corrected chi connectivity index (χ3v) is 3.73. The number of nitrogens with one attached hydrogen (secondary N) is 1. The molecule has 0 radical (unpaired) electrons. The van der Waals surface area contributed by atoms with Crippen LogP contribution in [0.3, 0.4) is 0 Å². The molecular formula is C16H18N2O3. The van der Waals surface area contributed by atoms with Gasteiger partial charge in [-0.2, -0.15) is 0 Å². The monoisotopic (exact) mass is 286 g/mol. The molecule has 2 aromatic rings. The van der Waals surface area contributed by atoms with E-state index in [-0.39, 0.29) is 11.7 Å². The molecule has 5 heteroatoms. The first-order valence-electron chi connectivity index (χ1n) is 7.13. The standard InChI is InChI=1S/C16H18N2O3/c1-10-7-15(17-9-12-3-2-6-21-12)13-8-11(16(19)20)4-5-14(13)18-10/h4-5,7-8,12H,2-3,6,9H2,1H3,(H,17,18)(H,19,20)/t12-/m1/s1. The Morgan fingerprint density at radius 1 is 1.48 bits per heavy atom. The van der Waals surface area contributed by atoms with Crippen molar-refractivity contribution in [3.05, 3.63) is 35.5 Å². The zero-order valence-corrected chi connectivity index (χ0v) is 11.9. The van der Waals surface area contributed by atoms with Crippen LogP contribution in [-0.4, -0.2) is 35.3 Å². The van der Waals surface area contributed by atoms with Crippen molar-refractivity contribution in [2.45, 2.75) is 25.9 Å². The molecule has 21 heavy (non-hydrogen) atoms. The van der Waals surface area contributed by atoms with Gasteiger partial charge in [0.1, 0.15) is 0 Å². The number of aromatic nitrogens is 1. The van der Waals surface area contributed by atoms with E-state index in [1.165, 1.54) is 0 Å². The van der Waals surface area contributed by atoms with E-state index in [2.05, 4.69) is 10.3 Å². The SMILES string of the molecule is Cc1cc(NC[C@H]2CCCO2)c2cc(C(=O)O)ccc2n1. The summed E-state index contributed by atoms with van der Waals surface area (Å²) in [4.78, 5) is 15.6. The number of nitrogens with zero attached hydrogens (tertiary/aromatic N) is 1. The minimum atomic E-state index is -0.928. The zero-order chi connectivity index (χ0) is 14.8. The number of hydrogen-bond acceptors (Lipinski definition) is 4. The summed E-state index contributed by atoms with van der Waals surface area (Å²) >= 11 is 0. The van der Waals surface area contributed by atoms with Crippen LogP contribution < -0.4 is 5.32 Å². The highest BCUT2D eigenvalue weighted by molar-refractivity contribution is 5.98. The summed E-state index contributed by atoms with van der Waals surface area (Å²) in [7, 11) is 0. The molecule has 0 spiro atoms. The number of fused-ring (bicyclic) bond motifs is 1. The highest BCUT2D eigenvalue weighted by atomic mass is 16.5. The summed E-state index contributed by atoms with van der Waals surface area (Å²) in [6.45, 7) is 3.49. The van der Waals surface area contributed by atoms with Crippen LogP contribution in [-0.2, 0) is 4.74 Å². The largest absolute Gasteiger partial charge is 0.478 e. The van der Waals surface area contributed by atoms with E-state index in [9.17, 15) is 4.79 Å². The topological polar surface area (TPSA) is 71.5 Å². The van der Waals surface area contributed by atoms with Gasteiger partial charge in [-0.1, -0.05) is 0 Å². The van der Waals surface area contributed by atoms with Gasteiger partial charge in [0.15, 0.2) is 0 Å². The van der Waals surface area contributed by atoms with Crippen LogP contribution in [0.2, 0.25) is 0 Å². The lowest BCUT2D eigenvalue weighted by Gasteiger charge is -2.14. The van der Waals surface area contributed by atoms with Crippen molar-refractivity contribution in [3.63, 3.8) is 0 Å². The van der Waals surface area contributed by atoms with Crippen LogP contribution in [0.4, 0.5) is 5.69 Å². The Hall–Kier alpha value is -2.14. The lowest BCUT2D eigenvalue weighted by atomic mass is 10.1. The molecule has 0 unspecified atom stereocenters. The van der Waals surface area contributed by atoms with Crippen LogP contribution in [0.15, 0.2) is 24.3 Å². The van der Waals surface area contributed by atoms with E-state index in [1.54, 1.807) is 18.2 Å². The normalized spacial score (nSPS) is 18.0. The number of pyridine rings is 1. The van der Waals surface area contributed by atoms with Gasteiger partial charge in [-0.05, 0) is 44.0 Å². The summed E-state index contributed by atoms with van der Waals surface area (Å²) < 4.78 is 5.61. The summed E-state index contributed by atoms with van der Waals surface area (Å²) in [5.74, 6) is -0.928. The minimum absolute atomic E-state index is 0.233. The van der Waals surface area contributed by atoms with Gasteiger partial charge in [0.05, 0.1) is 17.2 Å². The molecule has 2 N–H and O–H groups in total. The first-order valence-corrected chi connectivity index (χ1v) is 7.13. The number of benzene rings is 1. The lowest BCUT2D eigenvalue weighted by Crippen LogP contribution is -2.18. The first kappa shape index (κ1) is 13.8. The Morgan fingerprint density at radius 2 is 2.33 bits per heavy atom. The predicted molar refractivity (Wildman–Crippen MR) is 80.9 cm³/mol. The average Bonchev–Trinajstić information content (AvgIpc) is 2.97. The van der Waals surface area contributed by atoms with Gasteiger partial charge in [0, 0.05) is 29.9 Å². The Balaban J connectivity index is 1.94. The number of aryl methyl sites for hydroxylation is 1. The molecular weight excluding hydrogens is 268 g/mol. The summed E-state index contributed by atoms with van der Waals surface area (Å²) in [5, 5.41) is 13.3. The van der Waals surface area contributed by atoms with Gasteiger partial charge in [-0.15, -0.1) is 0 Å². The fourth-order valence-electron chi connectivity index (χ4n) is 2.67. The fourth-order valence-corrected chi connectivity index (χ4v) is 2.67. The molecule has 1 aromatic heterocycles. The third-order valence-electron chi connectivity index (χ3n) is 3.73. The highest BCUT2D eigenvalue weighted by Crippen LogP contribution is 2.25. The predicted octanol–water partition coefficient (Wildman–Crippen LogP) is 2.83. The van der Waals surface area contributed by atoms with Crippen molar-refractivity contribution in [1.29, 1.82) is 0 Å². The minimum Gasteiger partial charge on any atom is -0.478 e. The molecule has 0 aliphatic carbocycles. The van der Waals surface area contributed by atoms with Gasteiger partial charge >= 0.3 is 5.97 Å². The molecule has 110 valence electrons. The van der Waals surface area contributed by atoms with Crippen molar-refractivity contribution in [2.75, 3.05) is 18.5 Å². The van der Waals surface area contributed by atoms with Gasteiger partial charge in [-0.25, -0.2) is 4.79 Å². The Morgan fingerprint density at radius 3 is 3.05 bits per heavy atom. The van der Waals surface area contributed by atoms with E-state index in [0.717, 1.165) is 48.3 Å². The summed E-state index contributed by atoms with van der Waals surface area (Å²) in [6.07, 6.45) is 2.40. The van der Waals surface area contributed by atoms with Crippen molar-refractivity contribution in [3.8, 4) is 0 Å². The van der Waals surface area contributed by atoms with Crippen LogP contribution in [0.5, 0.6) is 0 Å². The smallest absolute Gasteiger partial charge is 0.335 e. The molecule has 1 fully saturated rings. The van der Waals surface area contributed by atoms with Crippen LogP contribution >= 0.6 is 0 Å². The molecule has 2 heterocycles. The van der Waals surface area contributed by atoms with Crippen molar-refractivity contribution < 1.29 is 14.6 Å². The number of anilines is 1. The van der Waals surface area contributed by atoms with E-state index in [4.69, 9.17) is 9.84 Å². The molecule has 0 saturated carbocycles. The second kappa shape index (κ2) is 5.69. The number of hydrogen-bond donors (Lipinski definition) is 2. The first-order chi connectivity index (χ1) is 10.1.